The molecule has 0 atom stereocenters. The average Bonchev–Trinajstić information content (AvgIpc) is 3.80. The van der Waals surface area contributed by atoms with Gasteiger partial charge in [0, 0.05) is 33.1 Å². The minimum atomic E-state index is -0.833. The number of hydrogen-bond acceptors (Lipinski definition) is 2. The van der Waals surface area contributed by atoms with Gasteiger partial charge < -0.3 is 9.32 Å². The lowest BCUT2D eigenvalue weighted by Crippen LogP contribution is -2.11. The molecule has 0 saturated carbocycles. The van der Waals surface area contributed by atoms with Crippen LogP contribution in [0.15, 0.2) is 229 Å². The molecule has 0 N–H and O–H groups in total. The Hall–Kier alpha value is -7.68. The van der Waals surface area contributed by atoms with Crippen molar-refractivity contribution in [2.24, 2.45) is 0 Å². The Morgan fingerprint density at radius 2 is 1.03 bits per heavy atom. The van der Waals surface area contributed by atoms with Crippen LogP contribution in [0.2, 0.25) is 0 Å². The third kappa shape index (κ3) is 5.91. The molecule has 0 unspecified atom stereocenters. The van der Waals surface area contributed by atoms with Crippen molar-refractivity contribution in [3.05, 3.63) is 224 Å². The highest BCUT2D eigenvalue weighted by molar-refractivity contribution is 6.15. The lowest BCUT2D eigenvalue weighted by molar-refractivity contribution is 0.672. The molecule has 11 aromatic rings. The number of furan rings is 1. The van der Waals surface area contributed by atoms with Crippen LogP contribution in [-0.2, 0) is 0 Å². The maximum absolute atomic E-state index is 9.72. The van der Waals surface area contributed by atoms with E-state index in [4.69, 9.17) is 14.0 Å². The third-order valence-corrected chi connectivity index (χ3v) is 10.3. The summed E-state index contributed by atoms with van der Waals surface area (Å²) in [4.78, 5) is 1.63. The van der Waals surface area contributed by atoms with Gasteiger partial charge in [0.15, 0.2) is 0 Å². The second-order valence-corrected chi connectivity index (χ2v) is 13.7. The molecule has 10 aromatic carbocycles. The van der Waals surface area contributed by atoms with Gasteiger partial charge in [-0.25, -0.2) is 0 Å². The first-order chi connectivity index (χ1) is 35.0. The maximum Gasteiger partial charge on any atom is 0.143 e. The van der Waals surface area contributed by atoms with E-state index in [-0.39, 0.29) is 5.69 Å². The Kier molecular flexibility index (Phi) is 5.25. The van der Waals surface area contributed by atoms with Gasteiger partial charge in [-0.2, -0.15) is 0 Å². The van der Waals surface area contributed by atoms with Gasteiger partial charge in [0.2, 0.25) is 0 Å². The van der Waals surface area contributed by atoms with E-state index >= 15 is 0 Å². The lowest BCUT2D eigenvalue weighted by Gasteiger charge is -2.28. The summed E-state index contributed by atoms with van der Waals surface area (Å²) >= 11 is 0. The molecule has 272 valence electrons. The van der Waals surface area contributed by atoms with E-state index in [0.717, 1.165) is 43.8 Å². The van der Waals surface area contributed by atoms with Crippen LogP contribution in [0.1, 0.15) is 20.6 Å². The molecule has 1 heterocycles. The normalized spacial score (nSPS) is 15.1. The van der Waals surface area contributed by atoms with Crippen molar-refractivity contribution in [2.75, 3.05) is 4.90 Å². The van der Waals surface area contributed by atoms with Crippen LogP contribution in [0.5, 0.6) is 0 Å². The number of fused-ring (bicyclic) bond motifs is 6. The summed E-state index contributed by atoms with van der Waals surface area (Å²) in [5.74, 6) is 0. The van der Waals surface area contributed by atoms with Gasteiger partial charge in [-0.15, -0.1) is 0 Å². The molecular formula is C56H37NO. The highest BCUT2D eigenvalue weighted by Crippen LogP contribution is 2.44. The van der Waals surface area contributed by atoms with E-state index < -0.39 is 124 Å². The molecule has 0 bridgehead atoms. The molecule has 58 heavy (non-hydrogen) atoms. The van der Waals surface area contributed by atoms with Crippen molar-refractivity contribution in [3.8, 4) is 44.5 Å². The largest absolute Gasteiger partial charge is 0.455 e. The molecule has 0 amide bonds. The Balaban J connectivity index is 1.12. The molecule has 0 aliphatic rings. The topological polar surface area (TPSA) is 16.4 Å². The van der Waals surface area contributed by atoms with Crippen molar-refractivity contribution >= 4 is 60.5 Å². The van der Waals surface area contributed by atoms with Crippen LogP contribution in [0, 0.1) is 0 Å². The van der Waals surface area contributed by atoms with Crippen LogP contribution in [0.25, 0.3) is 88.0 Å². The van der Waals surface area contributed by atoms with Gasteiger partial charge in [-0.3, -0.25) is 0 Å². The first-order valence-electron chi connectivity index (χ1n) is 26.1. The van der Waals surface area contributed by atoms with Crippen molar-refractivity contribution in [3.63, 3.8) is 0 Å². The Labute approximate surface area is 358 Å². The first-order valence-corrected chi connectivity index (χ1v) is 18.6. The van der Waals surface area contributed by atoms with Crippen LogP contribution >= 0.6 is 0 Å². The summed E-state index contributed by atoms with van der Waals surface area (Å²) in [6.07, 6.45) is 0. The molecule has 0 aliphatic heterocycles. The molecule has 0 saturated heterocycles. The quantitative estimate of drug-likeness (QED) is 0.161. The summed E-state index contributed by atoms with van der Waals surface area (Å²) in [6, 6.07) is 31.5. The van der Waals surface area contributed by atoms with Crippen LogP contribution < -0.4 is 4.90 Å². The smallest absolute Gasteiger partial charge is 0.143 e. The van der Waals surface area contributed by atoms with E-state index in [1.54, 1.807) is 11.0 Å². The Morgan fingerprint density at radius 1 is 0.362 bits per heavy atom. The van der Waals surface area contributed by atoms with Gasteiger partial charge in [-0.05, 0) is 104 Å². The zero-order valence-electron chi connectivity index (χ0n) is 45.6. The van der Waals surface area contributed by atoms with Crippen molar-refractivity contribution in [1.82, 2.24) is 0 Å². The molecule has 11 rings (SSSR count). The number of anilines is 3. The van der Waals surface area contributed by atoms with E-state index in [9.17, 15) is 11.0 Å². The molecular weight excluding hydrogens is 703 g/mol. The fourth-order valence-corrected chi connectivity index (χ4v) is 7.51. The van der Waals surface area contributed by atoms with Crippen molar-refractivity contribution in [1.29, 1.82) is 0 Å². The molecule has 1 aromatic heterocycles. The zero-order valence-corrected chi connectivity index (χ0v) is 30.6. The van der Waals surface area contributed by atoms with Gasteiger partial charge in [0.1, 0.15) is 11.2 Å². The Morgan fingerprint density at radius 3 is 1.88 bits per heavy atom. The standard InChI is InChI=1S/C56H37NO/c1-2-11-38(12-3-1)40-25-31-46(32-26-40)57(47-33-27-41(28-34-47)39-21-23-44(24-22-39)49-19-10-15-42-13-4-6-16-48(42)49)54-20-9-8-17-50(54)45-30-36-55-53(37-45)52-35-29-43-14-5-7-18-51(43)56(52)58-55/h1-37H/i4D,6D,10D,13D,15D,16D,19D,21D,22D,23D,24D,27D,28D,33D,34D. The van der Waals surface area contributed by atoms with Crippen molar-refractivity contribution < 1.29 is 25.0 Å². The molecule has 0 aliphatic carbocycles. The van der Waals surface area contributed by atoms with Crippen LogP contribution in [-0.4, -0.2) is 0 Å². The minimum Gasteiger partial charge on any atom is -0.455 e. The van der Waals surface area contributed by atoms with Crippen molar-refractivity contribution in [2.45, 2.75) is 0 Å². The van der Waals surface area contributed by atoms with Crippen LogP contribution in [0.3, 0.4) is 0 Å². The number of benzene rings is 10. The second kappa shape index (κ2) is 14.1. The van der Waals surface area contributed by atoms with E-state index in [1.807, 2.05) is 127 Å². The summed E-state index contributed by atoms with van der Waals surface area (Å²) < 4.78 is 142. The molecule has 0 radical (unpaired) electrons. The Bertz CT molecular complexity index is 4090. The molecule has 2 heteroatoms. The van der Waals surface area contributed by atoms with Gasteiger partial charge in [0.25, 0.3) is 0 Å². The molecule has 2 nitrogen and oxygen atoms in total. The maximum atomic E-state index is 9.72. The van der Waals surface area contributed by atoms with Gasteiger partial charge in [-0.1, -0.05) is 176 Å². The van der Waals surface area contributed by atoms with Gasteiger partial charge in [0.05, 0.1) is 26.2 Å². The minimum absolute atomic E-state index is 0.176. The fourth-order valence-electron chi connectivity index (χ4n) is 7.51. The first kappa shape index (κ1) is 21.6. The zero-order chi connectivity index (χ0) is 51.5. The predicted octanol–water partition coefficient (Wildman–Crippen LogP) is 16.0. The average molecular weight is 755 g/mol. The third-order valence-electron chi connectivity index (χ3n) is 10.3. The predicted molar refractivity (Wildman–Crippen MR) is 245 cm³/mol. The monoisotopic (exact) mass is 754 g/mol. The number of para-hydroxylation sites is 1. The summed E-state index contributed by atoms with van der Waals surface area (Å²) in [5, 5.41) is 2.89. The number of nitrogens with zero attached hydrogens (tertiary/aromatic N) is 1. The molecule has 0 spiro atoms. The molecule has 0 fully saturated rings. The van der Waals surface area contributed by atoms with E-state index in [1.165, 1.54) is 0 Å². The number of rotatable bonds is 7. The summed E-state index contributed by atoms with van der Waals surface area (Å²) in [7, 11) is 0. The van der Waals surface area contributed by atoms with Crippen LogP contribution in [0.4, 0.5) is 17.1 Å². The highest BCUT2D eigenvalue weighted by atomic mass is 16.3. The van der Waals surface area contributed by atoms with E-state index in [2.05, 4.69) is 0 Å². The number of hydrogen-bond donors (Lipinski definition) is 0. The second-order valence-electron chi connectivity index (χ2n) is 13.7. The highest BCUT2D eigenvalue weighted by Gasteiger charge is 2.19. The summed E-state index contributed by atoms with van der Waals surface area (Å²) in [6.45, 7) is 0. The fraction of sp³-hybridized carbons (Fsp3) is 0. The van der Waals surface area contributed by atoms with E-state index in [0.29, 0.717) is 22.5 Å². The SMILES string of the molecule is [2H]c1c([2H])c(-c2c([2H])c([2H])c([2H])c3c([2H])c([2H])c([2H])c([2H])c23)c([2H])c([2H])c1-c1c([2H])c([2H])c(N(c2ccc(-c3ccccc3)cc2)c2ccccc2-c2ccc3oc4c5ccccc5ccc4c3c2)c([2H])c1[2H]. The summed E-state index contributed by atoms with van der Waals surface area (Å²) in [5.41, 5.74) is 3.19. The van der Waals surface area contributed by atoms with Gasteiger partial charge >= 0.3 is 0 Å². The lowest BCUT2D eigenvalue weighted by atomic mass is 9.96.